The average Bonchev–Trinajstić information content (AvgIpc) is 2.64. The van der Waals surface area contributed by atoms with Crippen LogP contribution in [0.25, 0.3) is 0 Å². The van der Waals surface area contributed by atoms with Crippen molar-refractivity contribution in [2.24, 2.45) is 0 Å². The molecule has 5 nitrogen and oxygen atoms in total. The van der Waals surface area contributed by atoms with Crippen LogP contribution in [0.1, 0.15) is 15.9 Å². The standard InChI is InChI=1S/C9H7FN4O/c10-7-4-12-2-1-5(7)8(15)6-3-13-14-9(6)11/h1-4H,(H3,11,13,14). The zero-order valence-corrected chi connectivity index (χ0v) is 7.57. The van der Waals surface area contributed by atoms with Crippen molar-refractivity contribution in [3.63, 3.8) is 0 Å². The molecule has 2 aromatic rings. The minimum Gasteiger partial charge on any atom is -0.383 e. The molecule has 6 heteroatoms. The number of anilines is 1. The van der Waals surface area contributed by atoms with E-state index in [-0.39, 0.29) is 16.9 Å². The van der Waals surface area contributed by atoms with Crippen molar-refractivity contribution < 1.29 is 9.18 Å². The molecular formula is C9H7FN4O. The van der Waals surface area contributed by atoms with Gasteiger partial charge in [-0.25, -0.2) is 4.39 Å². The predicted molar refractivity (Wildman–Crippen MR) is 50.6 cm³/mol. The Morgan fingerprint density at radius 2 is 2.20 bits per heavy atom. The van der Waals surface area contributed by atoms with Gasteiger partial charge in [0.05, 0.1) is 23.5 Å². The Bertz CT molecular complexity index is 508. The summed E-state index contributed by atoms with van der Waals surface area (Å²) in [4.78, 5) is 15.3. The highest BCUT2D eigenvalue weighted by Gasteiger charge is 2.17. The summed E-state index contributed by atoms with van der Waals surface area (Å²) >= 11 is 0. The van der Waals surface area contributed by atoms with E-state index in [4.69, 9.17) is 5.73 Å². The molecule has 0 fully saturated rings. The fourth-order valence-corrected chi connectivity index (χ4v) is 1.18. The molecule has 2 aromatic heterocycles. The van der Waals surface area contributed by atoms with E-state index in [0.717, 1.165) is 6.20 Å². The van der Waals surface area contributed by atoms with Gasteiger partial charge >= 0.3 is 0 Å². The first-order valence-corrected chi connectivity index (χ1v) is 4.13. The number of carbonyl (C=O) groups is 1. The number of rotatable bonds is 2. The van der Waals surface area contributed by atoms with Gasteiger partial charge in [-0.1, -0.05) is 0 Å². The maximum absolute atomic E-state index is 13.2. The molecule has 15 heavy (non-hydrogen) atoms. The highest BCUT2D eigenvalue weighted by molar-refractivity contribution is 6.11. The summed E-state index contributed by atoms with van der Waals surface area (Å²) in [6, 6.07) is 1.30. The monoisotopic (exact) mass is 206 g/mol. The van der Waals surface area contributed by atoms with Gasteiger partial charge in [-0.2, -0.15) is 5.10 Å². The summed E-state index contributed by atoms with van der Waals surface area (Å²) in [5.74, 6) is -1.07. The fourth-order valence-electron chi connectivity index (χ4n) is 1.18. The number of aromatic amines is 1. The largest absolute Gasteiger partial charge is 0.383 e. The van der Waals surface area contributed by atoms with Crippen molar-refractivity contribution in [1.82, 2.24) is 15.2 Å². The number of hydrogen-bond donors (Lipinski definition) is 2. The van der Waals surface area contributed by atoms with Gasteiger partial charge in [0.2, 0.25) is 5.78 Å². The highest BCUT2D eigenvalue weighted by Crippen LogP contribution is 2.15. The lowest BCUT2D eigenvalue weighted by molar-refractivity contribution is 0.103. The normalized spacial score (nSPS) is 10.2. The van der Waals surface area contributed by atoms with Crippen molar-refractivity contribution in [3.8, 4) is 0 Å². The summed E-state index contributed by atoms with van der Waals surface area (Å²) in [7, 11) is 0. The Labute approximate surface area is 84.1 Å². The summed E-state index contributed by atoms with van der Waals surface area (Å²) in [6.45, 7) is 0. The number of nitrogens with one attached hydrogen (secondary N) is 1. The molecule has 2 heterocycles. The number of halogens is 1. The van der Waals surface area contributed by atoms with Gasteiger partial charge in [0.25, 0.3) is 0 Å². The molecule has 0 unspecified atom stereocenters. The predicted octanol–water partition coefficient (Wildman–Crippen LogP) is 0.757. The van der Waals surface area contributed by atoms with Crippen LogP contribution < -0.4 is 5.73 Å². The van der Waals surface area contributed by atoms with Crippen LogP contribution in [0, 0.1) is 5.82 Å². The maximum Gasteiger partial charge on any atom is 0.201 e. The summed E-state index contributed by atoms with van der Waals surface area (Å²) in [5.41, 5.74) is 5.53. The van der Waals surface area contributed by atoms with E-state index in [1.54, 1.807) is 0 Å². The van der Waals surface area contributed by atoms with E-state index in [1.807, 2.05) is 0 Å². The van der Waals surface area contributed by atoms with Gasteiger partial charge in [0, 0.05) is 6.20 Å². The molecule has 0 saturated carbocycles. The second-order valence-corrected chi connectivity index (χ2v) is 2.88. The third kappa shape index (κ3) is 1.56. The molecule has 0 aromatic carbocycles. The van der Waals surface area contributed by atoms with Crippen LogP contribution in [0.2, 0.25) is 0 Å². The molecule has 0 spiro atoms. The van der Waals surface area contributed by atoms with E-state index in [0.29, 0.717) is 0 Å². The number of nitrogens with two attached hydrogens (primary N) is 1. The number of hydrogen-bond acceptors (Lipinski definition) is 4. The lowest BCUT2D eigenvalue weighted by atomic mass is 10.1. The molecule has 76 valence electrons. The molecule has 0 atom stereocenters. The smallest absolute Gasteiger partial charge is 0.201 e. The second kappa shape index (κ2) is 3.49. The number of carbonyl (C=O) groups excluding carboxylic acids is 1. The number of ketones is 1. The Hall–Kier alpha value is -2.24. The lowest BCUT2D eigenvalue weighted by Crippen LogP contribution is -2.06. The zero-order valence-electron chi connectivity index (χ0n) is 7.57. The Morgan fingerprint density at radius 1 is 1.40 bits per heavy atom. The third-order valence-corrected chi connectivity index (χ3v) is 1.93. The van der Waals surface area contributed by atoms with Crippen LogP contribution in [0.5, 0.6) is 0 Å². The Balaban J connectivity index is 2.46. The van der Waals surface area contributed by atoms with Crippen molar-refractivity contribution >= 4 is 11.6 Å². The van der Waals surface area contributed by atoms with Crippen molar-refractivity contribution in [1.29, 1.82) is 0 Å². The highest BCUT2D eigenvalue weighted by atomic mass is 19.1. The minimum atomic E-state index is -0.678. The first-order chi connectivity index (χ1) is 7.20. The van der Waals surface area contributed by atoms with Gasteiger partial charge in [-0.05, 0) is 6.07 Å². The molecule has 0 aliphatic carbocycles. The molecule has 0 radical (unpaired) electrons. The van der Waals surface area contributed by atoms with Crippen LogP contribution >= 0.6 is 0 Å². The van der Waals surface area contributed by atoms with E-state index in [2.05, 4.69) is 15.2 Å². The van der Waals surface area contributed by atoms with Gasteiger partial charge < -0.3 is 5.73 Å². The van der Waals surface area contributed by atoms with Crippen LogP contribution in [-0.4, -0.2) is 21.0 Å². The first kappa shape index (κ1) is 9.32. The Kier molecular flexibility index (Phi) is 2.17. The van der Waals surface area contributed by atoms with Crippen LogP contribution in [0.15, 0.2) is 24.7 Å². The molecule has 0 aliphatic rings. The molecular weight excluding hydrogens is 199 g/mol. The number of H-pyrrole nitrogens is 1. The molecule has 0 aliphatic heterocycles. The quantitative estimate of drug-likeness (QED) is 0.710. The van der Waals surface area contributed by atoms with Crippen molar-refractivity contribution in [2.75, 3.05) is 5.73 Å². The molecule has 0 saturated heterocycles. The summed E-state index contributed by atoms with van der Waals surface area (Å²) < 4.78 is 13.2. The SMILES string of the molecule is Nc1[nH]ncc1C(=O)c1ccncc1F. The Morgan fingerprint density at radius 3 is 2.80 bits per heavy atom. The summed E-state index contributed by atoms with van der Waals surface area (Å²) in [5, 5.41) is 6.00. The number of nitrogens with zero attached hydrogens (tertiary/aromatic N) is 2. The van der Waals surface area contributed by atoms with Gasteiger partial charge in [0.15, 0.2) is 5.82 Å². The topological polar surface area (TPSA) is 84.7 Å². The maximum atomic E-state index is 13.2. The number of pyridine rings is 1. The fraction of sp³-hybridized carbons (Fsp3) is 0. The first-order valence-electron chi connectivity index (χ1n) is 4.13. The van der Waals surface area contributed by atoms with Gasteiger partial charge in [0.1, 0.15) is 5.82 Å². The van der Waals surface area contributed by atoms with Crippen molar-refractivity contribution in [3.05, 3.63) is 41.6 Å². The number of aromatic nitrogens is 3. The van der Waals surface area contributed by atoms with E-state index in [1.165, 1.54) is 18.5 Å². The van der Waals surface area contributed by atoms with Crippen molar-refractivity contribution in [2.45, 2.75) is 0 Å². The molecule has 0 bridgehead atoms. The molecule has 0 amide bonds. The number of nitrogen functional groups attached to an aromatic ring is 1. The minimum absolute atomic E-state index is 0.0712. The summed E-state index contributed by atoms with van der Waals surface area (Å²) in [6.07, 6.45) is 3.58. The second-order valence-electron chi connectivity index (χ2n) is 2.88. The molecule has 3 N–H and O–H groups in total. The van der Waals surface area contributed by atoms with E-state index >= 15 is 0 Å². The van der Waals surface area contributed by atoms with E-state index < -0.39 is 11.6 Å². The lowest BCUT2D eigenvalue weighted by Gasteiger charge is -1.99. The zero-order chi connectivity index (χ0) is 10.8. The van der Waals surface area contributed by atoms with Gasteiger partial charge in [-0.3, -0.25) is 14.9 Å². The molecule has 2 rings (SSSR count). The van der Waals surface area contributed by atoms with E-state index in [9.17, 15) is 9.18 Å². The average molecular weight is 206 g/mol. The van der Waals surface area contributed by atoms with Crippen LogP contribution in [-0.2, 0) is 0 Å². The van der Waals surface area contributed by atoms with Gasteiger partial charge in [-0.15, -0.1) is 0 Å². The van der Waals surface area contributed by atoms with Crippen LogP contribution in [0.4, 0.5) is 10.2 Å². The van der Waals surface area contributed by atoms with Crippen LogP contribution in [0.3, 0.4) is 0 Å². The third-order valence-electron chi connectivity index (χ3n) is 1.93.